The zero-order chi connectivity index (χ0) is 23.9. The monoisotopic (exact) mass is 455 g/mol. The molecule has 0 aliphatic rings. The second-order valence-corrected chi connectivity index (χ2v) is 7.42. The van der Waals surface area contributed by atoms with Gasteiger partial charge in [-0.05, 0) is 37.3 Å². The Morgan fingerprint density at radius 2 is 1.88 bits per heavy atom. The Kier molecular flexibility index (Phi) is 6.73. The van der Waals surface area contributed by atoms with Crippen LogP contribution in [-0.4, -0.2) is 33.4 Å². The van der Waals surface area contributed by atoms with Crippen LogP contribution in [0.2, 0.25) is 0 Å². The molecule has 0 unspecified atom stereocenters. The number of amides is 1. The molecule has 0 saturated carbocycles. The number of nitro benzene ring substituents is 1. The molecule has 170 valence electrons. The van der Waals surface area contributed by atoms with Crippen molar-refractivity contribution in [1.29, 1.82) is 0 Å². The van der Waals surface area contributed by atoms with Crippen molar-refractivity contribution < 1.29 is 14.5 Å². The molecule has 4 rings (SSSR count). The number of hydrogen-bond donors (Lipinski definition) is 1. The van der Waals surface area contributed by atoms with E-state index in [-0.39, 0.29) is 12.3 Å². The molecule has 0 spiro atoms. The summed E-state index contributed by atoms with van der Waals surface area (Å²) in [4.78, 5) is 22.3. The molecule has 0 aliphatic heterocycles. The SMILES string of the molecule is Cc1cccc(-c2nn(-c3ccccc3)cc2/C=N/NC(=O)COc2ccc([N+](=O)[O-])cc2)c1. The molecule has 0 atom stereocenters. The lowest BCUT2D eigenvalue weighted by molar-refractivity contribution is -0.384. The third-order valence-electron chi connectivity index (χ3n) is 4.87. The number of non-ortho nitro benzene ring substituents is 1. The van der Waals surface area contributed by atoms with Crippen molar-refractivity contribution in [2.24, 2.45) is 5.10 Å². The molecule has 9 heteroatoms. The predicted octanol–water partition coefficient (Wildman–Crippen LogP) is 4.29. The molecular weight excluding hydrogens is 434 g/mol. The minimum absolute atomic E-state index is 0.0538. The topological polar surface area (TPSA) is 112 Å². The molecule has 1 N–H and O–H groups in total. The van der Waals surface area contributed by atoms with Crippen LogP contribution >= 0.6 is 0 Å². The fourth-order valence-electron chi connectivity index (χ4n) is 3.23. The number of nitrogens with zero attached hydrogens (tertiary/aromatic N) is 4. The number of para-hydroxylation sites is 1. The highest BCUT2D eigenvalue weighted by molar-refractivity contribution is 5.89. The van der Waals surface area contributed by atoms with Crippen LogP contribution in [0.1, 0.15) is 11.1 Å². The lowest BCUT2D eigenvalue weighted by atomic mass is 10.1. The molecule has 3 aromatic carbocycles. The van der Waals surface area contributed by atoms with Gasteiger partial charge in [-0.15, -0.1) is 0 Å². The second-order valence-electron chi connectivity index (χ2n) is 7.42. The lowest BCUT2D eigenvalue weighted by Crippen LogP contribution is -2.24. The van der Waals surface area contributed by atoms with Gasteiger partial charge in [-0.2, -0.15) is 10.2 Å². The minimum Gasteiger partial charge on any atom is -0.484 e. The van der Waals surface area contributed by atoms with Crippen LogP contribution in [-0.2, 0) is 4.79 Å². The highest BCUT2D eigenvalue weighted by atomic mass is 16.6. The predicted molar refractivity (Wildman–Crippen MR) is 128 cm³/mol. The van der Waals surface area contributed by atoms with Crippen LogP contribution in [0.25, 0.3) is 16.9 Å². The van der Waals surface area contributed by atoms with Gasteiger partial charge in [0.15, 0.2) is 6.61 Å². The van der Waals surface area contributed by atoms with Gasteiger partial charge < -0.3 is 4.74 Å². The van der Waals surface area contributed by atoms with Crippen LogP contribution in [0.3, 0.4) is 0 Å². The summed E-state index contributed by atoms with van der Waals surface area (Å²) in [5.74, 6) is -0.127. The maximum absolute atomic E-state index is 12.1. The number of carbonyl (C=O) groups is 1. The Morgan fingerprint density at radius 3 is 2.59 bits per heavy atom. The summed E-state index contributed by atoms with van der Waals surface area (Å²) in [5.41, 5.74) is 6.77. The molecule has 0 aliphatic carbocycles. The van der Waals surface area contributed by atoms with Crippen molar-refractivity contribution in [3.63, 3.8) is 0 Å². The van der Waals surface area contributed by atoms with Crippen molar-refractivity contribution in [3.05, 3.63) is 106 Å². The second kappa shape index (κ2) is 10.2. The van der Waals surface area contributed by atoms with Gasteiger partial charge in [-0.1, -0.05) is 42.0 Å². The summed E-state index contributed by atoms with van der Waals surface area (Å²) in [6.45, 7) is 1.72. The first-order valence-corrected chi connectivity index (χ1v) is 10.4. The lowest BCUT2D eigenvalue weighted by Gasteiger charge is -2.04. The van der Waals surface area contributed by atoms with E-state index in [0.717, 1.165) is 28.1 Å². The molecule has 1 amide bonds. The maximum Gasteiger partial charge on any atom is 0.277 e. The summed E-state index contributed by atoms with van der Waals surface area (Å²) in [6.07, 6.45) is 3.38. The van der Waals surface area contributed by atoms with E-state index in [1.165, 1.54) is 30.5 Å². The number of hydrogen-bond acceptors (Lipinski definition) is 6. The summed E-state index contributed by atoms with van der Waals surface area (Å²) in [6, 6.07) is 23.2. The van der Waals surface area contributed by atoms with Crippen molar-refractivity contribution in [2.75, 3.05) is 6.61 Å². The summed E-state index contributed by atoms with van der Waals surface area (Å²) in [7, 11) is 0. The highest BCUT2D eigenvalue weighted by Crippen LogP contribution is 2.23. The molecule has 0 bridgehead atoms. The van der Waals surface area contributed by atoms with Crippen LogP contribution in [0.4, 0.5) is 5.69 Å². The van der Waals surface area contributed by atoms with Gasteiger partial charge in [-0.25, -0.2) is 10.1 Å². The van der Waals surface area contributed by atoms with E-state index in [1.807, 2.05) is 67.7 Å². The molecule has 0 radical (unpaired) electrons. The van der Waals surface area contributed by atoms with Gasteiger partial charge >= 0.3 is 0 Å². The fraction of sp³-hybridized carbons (Fsp3) is 0.0800. The number of hydrazone groups is 1. The molecule has 1 heterocycles. The van der Waals surface area contributed by atoms with Gasteiger partial charge in [0.2, 0.25) is 0 Å². The average Bonchev–Trinajstić information content (AvgIpc) is 3.28. The number of rotatable bonds is 8. The van der Waals surface area contributed by atoms with Gasteiger partial charge in [0, 0.05) is 29.5 Å². The van der Waals surface area contributed by atoms with Gasteiger partial charge in [0.25, 0.3) is 11.6 Å². The van der Waals surface area contributed by atoms with Crippen LogP contribution < -0.4 is 10.2 Å². The van der Waals surface area contributed by atoms with E-state index in [1.54, 1.807) is 4.68 Å². The third kappa shape index (κ3) is 5.52. The number of aromatic nitrogens is 2. The van der Waals surface area contributed by atoms with Crippen molar-refractivity contribution in [3.8, 4) is 22.7 Å². The van der Waals surface area contributed by atoms with E-state index in [0.29, 0.717) is 5.75 Å². The zero-order valence-electron chi connectivity index (χ0n) is 18.3. The quantitative estimate of drug-likeness (QED) is 0.242. The van der Waals surface area contributed by atoms with Crippen molar-refractivity contribution in [2.45, 2.75) is 6.92 Å². The number of nitrogens with one attached hydrogen (secondary N) is 1. The first-order chi connectivity index (χ1) is 16.5. The normalized spacial score (nSPS) is 10.9. The Balaban J connectivity index is 1.46. The summed E-state index contributed by atoms with van der Waals surface area (Å²) in [5, 5.41) is 19.5. The Labute approximate surface area is 195 Å². The fourth-order valence-corrected chi connectivity index (χ4v) is 3.23. The standard InChI is InChI=1S/C25H21N5O4/c1-18-6-5-7-19(14-18)25-20(16-29(28-25)21-8-3-2-4-9-21)15-26-27-24(31)17-34-23-12-10-22(11-13-23)30(32)33/h2-16H,17H2,1H3,(H,27,31)/b26-15+. The van der Waals surface area contributed by atoms with Crippen LogP contribution in [0.15, 0.2) is 90.2 Å². The highest BCUT2D eigenvalue weighted by Gasteiger charge is 2.12. The van der Waals surface area contributed by atoms with Gasteiger partial charge in [0.05, 0.1) is 16.8 Å². The first-order valence-electron chi connectivity index (χ1n) is 10.4. The number of aryl methyl sites for hydroxylation is 1. The smallest absolute Gasteiger partial charge is 0.277 e. The number of carbonyl (C=O) groups excluding carboxylic acids is 1. The molecule has 1 aromatic heterocycles. The van der Waals surface area contributed by atoms with Crippen molar-refractivity contribution >= 4 is 17.8 Å². The average molecular weight is 455 g/mol. The maximum atomic E-state index is 12.1. The van der Waals surface area contributed by atoms with Crippen molar-refractivity contribution in [1.82, 2.24) is 15.2 Å². The van der Waals surface area contributed by atoms with E-state index in [4.69, 9.17) is 9.84 Å². The van der Waals surface area contributed by atoms with Crippen LogP contribution in [0, 0.1) is 17.0 Å². The molecule has 4 aromatic rings. The van der Waals surface area contributed by atoms with E-state index in [9.17, 15) is 14.9 Å². The Hall–Kier alpha value is -4.79. The van der Waals surface area contributed by atoms with E-state index >= 15 is 0 Å². The molecular formula is C25H21N5O4. The number of ether oxygens (including phenoxy) is 1. The van der Waals surface area contributed by atoms with E-state index < -0.39 is 10.8 Å². The Morgan fingerprint density at radius 1 is 1.12 bits per heavy atom. The van der Waals surface area contributed by atoms with Crippen LogP contribution in [0.5, 0.6) is 5.75 Å². The summed E-state index contributed by atoms with van der Waals surface area (Å²) >= 11 is 0. The first kappa shape index (κ1) is 22.4. The zero-order valence-corrected chi connectivity index (χ0v) is 18.3. The van der Waals surface area contributed by atoms with E-state index in [2.05, 4.69) is 10.5 Å². The number of benzene rings is 3. The minimum atomic E-state index is -0.504. The Bertz CT molecular complexity index is 1330. The van der Waals surface area contributed by atoms with Gasteiger partial charge in [-0.3, -0.25) is 14.9 Å². The molecule has 0 saturated heterocycles. The third-order valence-corrected chi connectivity index (χ3v) is 4.87. The largest absolute Gasteiger partial charge is 0.484 e. The molecule has 9 nitrogen and oxygen atoms in total. The van der Waals surface area contributed by atoms with Gasteiger partial charge in [0.1, 0.15) is 11.4 Å². The molecule has 0 fully saturated rings. The summed E-state index contributed by atoms with van der Waals surface area (Å²) < 4.78 is 7.11. The number of nitro groups is 1. The molecule has 34 heavy (non-hydrogen) atoms.